The van der Waals surface area contributed by atoms with E-state index in [2.05, 4.69) is 10.3 Å². The Labute approximate surface area is 201 Å². The van der Waals surface area contributed by atoms with Crippen LogP contribution >= 0.6 is 11.3 Å². The Morgan fingerprint density at radius 3 is 2.38 bits per heavy atom. The number of carbonyl (C=O) groups is 1. The van der Waals surface area contributed by atoms with E-state index in [1.165, 1.54) is 11.3 Å². The highest BCUT2D eigenvalue weighted by Crippen LogP contribution is 2.30. The van der Waals surface area contributed by atoms with Crippen molar-refractivity contribution in [3.05, 3.63) is 133 Å². The van der Waals surface area contributed by atoms with Gasteiger partial charge >= 0.3 is 0 Å². The fourth-order valence-electron chi connectivity index (χ4n) is 4.19. The Kier molecular flexibility index (Phi) is 5.82. The van der Waals surface area contributed by atoms with E-state index in [0.717, 1.165) is 16.7 Å². The number of nitrogens with one attached hydrogen (secondary N) is 1. The van der Waals surface area contributed by atoms with Crippen LogP contribution in [0.4, 0.5) is 5.69 Å². The molecule has 34 heavy (non-hydrogen) atoms. The van der Waals surface area contributed by atoms with Crippen molar-refractivity contribution in [1.29, 1.82) is 0 Å². The third kappa shape index (κ3) is 4.16. The number of thiazole rings is 1. The molecule has 5 rings (SSSR count). The number of carbonyl (C=O) groups excluding carboxylic acids is 1. The second-order valence-corrected chi connectivity index (χ2v) is 9.24. The number of fused-ring (bicyclic) bond motifs is 1. The molecule has 0 spiro atoms. The average molecular weight is 466 g/mol. The number of nitrogens with zero attached hydrogens (tertiary/aromatic N) is 2. The van der Waals surface area contributed by atoms with Crippen molar-refractivity contribution in [3.8, 4) is 0 Å². The van der Waals surface area contributed by atoms with Crippen LogP contribution in [-0.4, -0.2) is 10.5 Å². The van der Waals surface area contributed by atoms with Crippen LogP contribution in [0, 0.1) is 6.92 Å². The van der Waals surface area contributed by atoms with Crippen LogP contribution in [0.3, 0.4) is 0 Å². The van der Waals surface area contributed by atoms with Crippen molar-refractivity contribution in [3.63, 3.8) is 0 Å². The molecule has 2 heterocycles. The molecule has 1 amide bonds. The number of hydrogen-bond acceptors (Lipinski definition) is 4. The molecule has 1 aliphatic heterocycles. The van der Waals surface area contributed by atoms with Gasteiger partial charge in [0.15, 0.2) is 4.80 Å². The Morgan fingerprint density at radius 2 is 1.68 bits per heavy atom. The van der Waals surface area contributed by atoms with Gasteiger partial charge in [-0.25, -0.2) is 4.99 Å². The molecule has 0 radical (unpaired) electrons. The van der Waals surface area contributed by atoms with Crippen molar-refractivity contribution < 1.29 is 4.79 Å². The molecular weight excluding hydrogens is 442 g/mol. The molecule has 1 aliphatic rings. The molecule has 4 aromatic rings. The standard InChI is InChI=1S/C28H23N3O2S/c1-18-10-9-11-20(16-18)17-23-27(33)31-25(21-12-5-3-6-13-21)24(19(2)29-28(31)34-23)26(32)30-22-14-7-4-8-15-22/h3-17,25H,1-2H3,(H,30,32)/b23-17+/t25-/m0/s1. The summed E-state index contributed by atoms with van der Waals surface area (Å²) in [7, 11) is 0. The molecule has 3 aromatic carbocycles. The second kappa shape index (κ2) is 9.08. The van der Waals surface area contributed by atoms with E-state index in [1.807, 2.05) is 105 Å². The van der Waals surface area contributed by atoms with Gasteiger partial charge in [-0.2, -0.15) is 0 Å². The number of para-hydroxylation sites is 1. The molecule has 1 atom stereocenters. The molecule has 6 heteroatoms. The smallest absolute Gasteiger partial charge is 0.271 e. The number of anilines is 1. The number of aromatic nitrogens is 1. The maximum atomic E-state index is 13.6. The van der Waals surface area contributed by atoms with Crippen LogP contribution in [0.5, 0.6) is 0 Å². The Hall–Kier alpha value is -4.03. The minimum absolute atomic E-state index is 0.156. The van der Waals surface area contributed by atoms with E-state index in [1.54, 1.807) is 4.57 Å². The highest BCUT2D eigenvalue weighted by atomic mass is 32.1. The summed E-state index contributed by atoms with van der Waals surface area (Å²) in [5.74, 6) is -0.269. The summed E-state index contributed by atoms with van der Waals surface area (Å²) in [4.78, 5) is 32.4. The van der Waals surface area contributed by atoms with Gasteiger partial charge in [-0.05, 0) is 43.2 Å². The third-order valence-corrected chi connectivity index (χ3v) is 6.74. The van der Waals surface area contributed by atoms with Crippen LogP contribution < -0.4 is 20.2 Å². The number of benzene rings is 3. The third-order valence-electron chi connectivity index (χ3n) is 5.75. The minimum Gasteiger partial charge on any atom is -0.322 e. The van der Waals surface area contributed by atoms with Gasteiger partial charge in [0.2, 0.25) is 0 Å². The molecule has 1 N–H and O–H groups in total. The predicted octanol–water partition coefficient (Wildman–Crippen LogP) is 4.18. The summed E-state index contributed by atoms with van der Waals surface area (Å²) in [5.41, 5.74) is 4.54. The van der Waals surface area contributed by atoms with Crippen LogP contribution in [0.2, 0.25) is 0 Å². The Bertz CT molecular complexity index is 1580. The summed E-state index contributed by atoms with van der Waals surface area (Å²) in [6, 6.07) is 26.4. The van der Waals surface area contributed by atoms with Gasteiger partial charge in [-0.1, -0.05) is 89.7 Å². The van der Waals surface area contributed by atoms with E-state index in [4.69, 9.17) is 0 Å². The summed E-state index contributed by atoms with van der Waals surface area (Å²) in [5, 5.41) is 2.97. The van der Waals surface area contributed by atoms with Gasteiger partial charge in [0.05, 0.1) is 21.8 Å². The summed E-state index contributed by atoms with van der Waals surface area (Å²) in [6.07, 6.45) is 1.89. The fourth-order valence-corrected chi connectivity index (χ4v) is 5.24. The summed E-state index contributed by atoms with van der Waals surface area (Å²) in [6.45, 7) is 3.85. The maximum absolute atomic E-state index is 13.6. The van der Waals surface area contributed by atoms with E-state index < -0.39 is 6.04 Å². The predicted molar refractivity (Wildman–Crippen MR) is 136 cm³/mol. The molecule has 5 nitrogen and oxygen atoms in total. The highest BCUT2D eigenvalue weighted by Gasteiger charge is 2.32. The first-order valence-electron chi connectivity index (χ1n) is 11.0. The number of amides is 1. The van der Waals surface area contributed by atoms with Gasteiger partial charge < -0.3 is 5.32 Å². The fraction of sp³-hybridized carbons (Fsp3) is 0.107. The normalized spacial score (nSPS) is 15.6. The number of allylic oxidation sites excluding steroid dienone is 1. The SMILES string of the molecule is CC1=C(C(=O)Nc2ccccc2)[C@H](c2ccccc2)n2c(s/c(=C/c3cccc(C)c3)c2=O)=N1. The molecule has 0 unspecified atom stereocenters. The van der Waals surface area contributed by atoms with Crippen LogP contribution in [-0.2, 0) is 4.79 Å². The van der Waals surface area contributed by atoms with Crippen molar-refractivity contribution in [2.45, 2.75) is 19.9 Å². The van der Waals surface area contributed by atoms with Crippen LogP contribution in [0.25, 0.3) is 6.08 Å². The number of hydrogen-bond donors (Lipinski definition) is 1. The van der Waals surface area contributed by atoms with E-state index in [-0.39, 0.29) is 11.5 Å². The molecule has 0 saturated heterocycles. The Balaban J connectivity index is 1.67. The first-order valence-corrected chi connectivity index (χ1v) is 11.8. The van der Waals surface area contributed by atoms with E-state index in [0.29, 0.717) is 26.3 Å². The molecule has 0 fully saturated rings. The zero-order chi connectivity index (χ0) is 23.7. The molecule has 168 valence electrons. The quantitative estimate of drug-likeness (QED) is 0.491. The van der Waals surface area contributed by atoms with Gasteiger partial charge in [-0.15, -0.1) is 0 Å². The largest absolute Gasteiger partial charge is 0.322 e. The minimum atomic E-state index is -0.569. The Morgan fingerprint density at radius 1 is 0.971 bits per heavy atom. The molecule has 0 saturated carbocycles. The first kappa shape index (κ1) is 21.8. The lowest BCUT2D eigenvalue weighted by Crippen LogP contribution is -2.40. The zero-order valence-corrected chi connectivity index (χ0v) is 19.7. The lowest BCUT2D eigenvalue weighted by molar-refractivity contribution is -0.113. The van der Waals surface area contributed by atoms with Crippen molar-refractivity contribution in [2.24, 2.45) is 4.99 Å². The molecular formula is C28H23N3O2S. The number of aryl methyl sites for hydroxylation is 1. The van der Waals surface area contributed by atoms with Gasteiger partial charge in [0.1, 0.15) is 0 Å². The van der Waals surface area contributed by atoms with Crippen molar-refractivity contribution >= 4 is 29.0 Å². The zero-order valence-electron chi connectivity index (χ0n) is 18.9. The summed E-state index contributed by atoms with van der Waals surface area (Å²) >= 11 is 1.34. The van der Waals surface area contributed by atoms with E-state index in [9.17, 15) is 9.59 Å². The van der Waals surface area contributed by atoms with Crippen molar-refractivity contribution in [2.75, 3.05) is 5.32 Å². The lowest BCUT2D eigenvalue weighted by Gasteiger charge is -2.25. The molecule has 0 aliphatic carbocycles. The lowest BCUT2D eigenvalue weighted by atomic mass is 9.95. The van der Waals surface area contributed by atoms with Crippen molar-refractivity contribution in [1.82, 2.24) is 4.57 Å². The molecule has 1 aromatic heterocycles. The van der Waals surface area contributed by atoms with Gasteiger partial charge in [0, 0.05) is 5.69 Å². The van der Waals surface area contributed by atoms with Crippen LogP contribution in [0.15, 0.2) is 106 Å². The van der Waals surface area contributed by atoms with Crippen LogP contribution in [0.1, 0.15) is 29.7 Å². The molecule has 0 bridgehead atoms. The van der Waals surface area contributed by atoms with Gasteiger partial charge in [0.25, 0.3) is 11.5 Å². The second-order valence-electron chi connectivity index (χ2n) is 8.23. The summed E-state index contributed by atoms with van der Waals surface area (Å²) < 4.78 is 2.23. The average Bonchev–Trinajstić information content (AvgIpc) is 3.13. The topological polar surface area (TPSA) is 63.5 Å². The van der Waals surface area contributed by atoms with E-state index >= 15 is 0 Å². The number of rotatable bonds is 4. The van der Waals surface area contributed by atoms with Gasteiger partial charge in [-0.3, -0.25) is 14.2 Å². The highest BCUT2D eigenvalue weighted by molar-refractivity contribution is 7.07. The first-order chi connectivity index (χ1) is 16.5. The monoisotopic (exact) mass is 465 g/mol. The maximum Gasteiger partial charge on any atom is 0.271 e.